The molecule has 2 unspecified atom stereocenters. The molecule has 8 nitrogen and oxygen atoms in total. The van der Waals surface area contributed by atoms with Crippen molar-refractivity contribution in [3.05, 3.63) is 75.4 Å². The first-order chi connectivity index (χ1) is 17.5. The first-order valence-electron chi connectivity index (χ1n) is 11.7. The minimum absolute atomic E-state index is 0.118. The van der Waals surface area contributed by atoms with Gasteiger partial charge in [-0.1, -0.05) is 23.2 Å². The highest BCUT2D eigenvalue weighted by atomic mass is 35.5. The molecule has 1 aromatic carbocycles. The molecule has 3 aromatic heterocycles. The maximum Gasteiger partial charge on any atom is 0.150 e. The van der Waals surface area contributed by atoms with Gasteiger partial charge in [-0.25, -0.2) is 4.68 Å². The summed E-state index contributed by atoms with van der Waals surface area (Å²) in [6, 6.07) is 9.40. The maximum atomic E-state index is 9.20. The molecule has 10 heteroatoms. The van der Waals surface area contributed by atoms with E-state index in [4.69, 9.17) is 37.8 Å². The zero-order chi connectivity index (χ0) is 25.1. The van der Waals surface area contributed by atoms with Crippen LogP contribution in [0.5, 0.6) is 5.75 Å². The molecular formula is C26H25Cl2N5O3. The Morgan fingerprint density at radius 1 is 1.14 bits per heavy atom. The van der Waals surface area contributed by atoms with E-state index in [0.29, 0.717) is 32.7 Å². The Labute approximate surface area is 218 Å². The number of hydrogen-bond donors (Lipinski definition) is 1. The van der Waals surface area contributed by atoms with Crippen LogP contribution in [0.4, 0.5) is 0 Å². The van der Waals surface area contributed by atoms with E-state index in [0.717, 1.165) is 42.5 Å². The molecule has 0 saturated carbocycles. The number of benzene rings is 1. The lowest BCUT2D eigenvalue weighted by Crippen LogP contribution is -2.19. The lowest BCUT2D eigenvalue weighted by Gasteiger charge is -2.23. The molecule has 0 amide bonds. The molecular weight excluding hydrogens is 501 g/mol. The van der Waals surface area contributed by atoms with Gasteiger partial charge in [0.2, 0.25) is 0 Å². The van der Waals surface area contributed by atoms with Gasteiger partial charge in [0.15, 0.2) is 6.23 Å². The summed E-state index contributed by atoms with van der Waals surface area (Å²) in [5, 5.41) is 24.0. The van der Waals surface area contributed by atoms with E-state index >= 15 is 0 Å². The third kappa shape index (κ3) is 5.22. The molecule has 5 rings (SSSR count). The Bertz CT molecular complexity index is 1360. The fraction of sp³-hybridized carbons (Fsp3) is 0.308. The van der Waals surface area contributed by atoms with Crippen molar-refractivity contribution in [3.63, 3.8) is 0 Å². The predicted molar refractivity (Wildman–Crippen MR) is 139 cm³/mol. The summed E-state index contributed by atoms with van der Waals surface area (Å²) in [6.07, 6.45) is 9.40. The van der Waals surface area contributed by atoms with Crippen molar-refractivity contribution < 1.29 is 14.6 Å². The van der Waals surface area contributed by atoms with Gasteiger partial charge in [-0.3, -0.25) is 4.98 Å². The first-order valence-corrected chi connectivity index (χ1v) is 12.5. The van der Waals surface area contributed by atoms with Crippen LogP contribution in [0.3, 0.4) is 0 Å². The number of halogens is 2. The van der Waals surface area contributed by atoms with E-state index in [1.165, 1.54) is 0 Å². The Hall–Kier alpha value is -3.04. The van der Waals surface area contributed by atoms with Crippen molar-refractivity contribution in [1.29, 1.82) is 0 Å². The normalized spacial score (nSPS) is 17.1. The number of ether oxygens (including phenoxy) is 2. The molecule has 186 valence electrons. The molecule has 4 heterocycles. The van der Waals surface area contributed by atoms with Crippen LogP contribution in [0, 0.1) is 0 Å². The number of pyridine rings is 1. The molecule has 0 spiro atoms. The van der Waals surface area contributed by atoms with Crippen molar-refractivity contribution in [3.8, 4) is 5.75 Å². The van der Waals surface area contributed by atoms with Crippen LogP contribution in [-0.4, -0.2) is 36.7 Å². The van der Waals surface area contributed by atoms with Crippen molar-refractivity contribution in [2.45, 2.75) is 45.1 Å². The molecule has 1 aliphatic heterocycles. The number of hydrogen-bond acceptors (Lipinski definition) is 7. The predicted octanol–water partition coefficient (Wildman–Crippen LogP) is 6.03. The molecule has 4 aromatic rings. The van der Waals surface area contributed by atoms with Crippen LogP contribution in [0.25, 0.3) is 23.1 Å². The van der Waals surface area contributed by atoms with Gasteiger partial charge in [-0.05, 0) is 68.7 Å². The van der Waals surface area contributed by atoms with Crippen molar-refractivity contribution in [2.75, 3.05) is 6.61 Å². The molecule has 1 saturated heterocycles. The Morgan fingerprint density at radius 3 is 2.67 bits per heavy atom. The molecule has 0 bridgehead atoms. The van der Waals surface area contributed by atoms with Crippen LogP contribution < -0.4 is 4.74 Å². The third-order valence-electron chi connectivity index (χ3n) is 6.06. The number of aliphatic hydroxyl groups is 1. The minimum atomic E-state index is -0.388. The van der Waals surface area contributed by atoms with Crippen molar-refractivity contribution in [1.82, 2.24) is 25.0 Å². The van der Waals surface area contributed by atoms with Crippen molar-refractivity contribution in [2.24, 2.45) is 0 Å². The first kappa shape index (κ1) is 24.6. The van der Waals surface area contributed by atoms with E-state index in [2.05, 4.69) is 15.2 Å². The van der Waals surface area contributed by atoms with E-state index < -0.39 is 0 Å². The Morgan fingerprint density at radius 2 is 1.97 bits per heavy atom. The van der Waals surface area contributed by atoms with Crippen LogP contribution >= 0.6 is 23.2 Å². The van der Waals surface area contributed by atoms with Gasteiger partial charge >= 0.3 is 0 Å². The van der Waals surface area contributed by atoms with Gasteiger partial charge < -0.3 is 14.6 Å². The molecule has 0 aliphatic carbocycles. The van der Waals surface area contributed by atoms with E-state index in [1.54, 1.807) is 24.5 Å². The minimum Gasteiger partial charge on any atom is -0.486 e. The van der Waals surface area contributed by atoms with Gasteiger partial charge in [0.25, 0.3) is 0 Å². The van der Waals surface area contributed by atoms with E-state index in [1.807, 2.05) is 42.0 Å². The monoisotopic (exact) mass is 525 g/mol. The molecule has 1 fully saturated rings. The zero-order valence-corrected chi connectivity index (χ0v) is 21.2. The van der Waals surface area contributed by atoms with Crippen molar-refractivity contribution >= 4 is 46.3 Å². The third-order valence-corrected chi connectivity index (χ3v) is 6.66. The summed E-state index contributed by atoms with van der Waals surface area (Å²) in [7, 11) is 0. The fourth-order valence-corrected chi connectivity index (χ4v) is 4.93. The van der Waals surface area contributed by atoms with Crippen LogP contribution in [0.1, 0.15) is 61.2 Å². The SMILES string of the molecule is CC(Oc1ccc2c(c1)c(/C=C/c1ccc(CO)nn1)nn2C1CCCCO1)c1c(Cl)cncc1Cl. The number of aromatic nitrogens is 5. The van der Waals surface area contributed by atoms with E-state index in [9.17, 15) is 5.11 Å². The van der Waals surface area contributed by atoms with Gasteiger partial charge in [0, 0.05) is 30.0 Å². The lowest BCUT2D eigenvalue weighted by atomic mass is 10.1. The summed E-state index contributed by atoms with van der Waals surface area (Å²) >= 11 is 12.7. The smallest absolute Gasteiger partial charge is 0.150 e. The molecule has 1 aliphatic rings. The number of nitrogens with zero attached hydrogens (tertiary/aromatic N) is 5. The number of fused-ring (bicyclic) bond motifs is 1. The second kappa shape index (κ2) is 10.9. The summed E-state index contributed by atoms with van der Waals surface area (Å²) in [4.78, 5) is 4.02. The largest absolute Gasteiger partial charge is 0.486 e. The van der Waals surface area contributed by atoms with Crippen LogP contribution in [0.2, 0.25) is 10.0 Å². The lowest BCUT2D eigenvalue weighted by molar-refractivity contribution is -0.0367. The van der Waals surface area contributed by atoms with Gasteiger partial charge in [0.1, 0.15) is 11.9 Å². The standard InChI is InChI=1S/C26H25Cl2N5O3/c1-16(26-21(27)13-29-14-22(26)28)36-19-8-10-24-20(12-19)23(32-33(24)25-4-2-3-11-35-25)9-7-17-5-6-18(15-34)31-30-17/h5-10,12-14,16,25,34H,2-4,11,15H2,1H3/b9-7+. The maximum absolute atomic E-state index is 9.20. The Balaban J connectivity index is 1.50. The molecule has 0 radical (unpaired) electrons. The van der Waals surface area contributed by atoms with Gasteiger partial charge in [-0.2, -0.15) is 15.3 Å². The van der Waals surface area contributed by atoms with E-state index in [-0.39, 0.29) is 18.9 Å². The molecule has 2 atom stereocenters. The van der Waals surface area contributed by atoms with Crippen LogP contribution in [0.15, 0.2) is 42.7 Å². The average molecular weight is 526 g/mol. The highest BCUT2D eigenvalue weighted by molar-refractivity contribution is 6.35. The number of aliphatic hydroxyl groups excluding tert-OH is 1. The summed E-state index contributed by atoms with van der Waals surface area (Å²) in [5.74, 6) is 0.657. The zero-order valence-electron chi connectivity index (χ0n) is 19.6. The Kier molecular flexibility index (Phi) is 7.48. The summed E-state index contributed by atoms with van der Waals surface area (Å²) in [6.45, 7) is 2.47. The van der Waals surface area contributed by atoms with Gasteiger partial charge in [0.05, 0.1) is 39.3 Å². The fourth-order valence-electron chi connectivity index (χ4n) is 4.26. The second-order valence-corrected chi connectivity index (χ2v) is 9.36. The molecule has 1 N–H and O–H groups in total. The van der Waals surface area contributed by atoms with Crippen LogP contribution in [-0.2, 0) is 11.3 Å². The highest BCUT2D eigenvalue weighted by Gasteiger charge is 2.22. The topological polar surface area (TPSA) is 95.2 Å². The van der Waals surface area contributed by atoms with Gasteiger partial charge in [-0.15, -0.1) is 0 Å². The molecule has 36 heavy (non-hydrogen) atoms. The summed E-state index contributed by atoms with van der Waals surface area (Å²) in [5.41, 5.74) is 3.56. The average Bonchev–Trinajstić information content (AvgIpc) is 3.26. The second-order valence-electron chi connectivity index (χ2n) is 8.55. The highest BCUT2D eigenvalue weighted by Crippen LogP contribution is 2.35. The quantitative estimate of drug-likeness (QED) is 0.314. The number of rotatable bonds is 7. The summed E-state index contributed by atoms with van der Waals surface area (Å²) < 4.78 is 14.2.